The Morgan fingerprint density at radius 1 is 0.952 bits per heavy atom. The Hall–Kier alpha value is -1.70. The van der Waals surface area contributed by atoms with Crippen molar-refractivity contribution in [2.45, 2.75) is 58.8 Å². The van der Waals surface area contributed by atoms with Crippen molar-refractivity contribution in [3.8, 4) is 5.75 Å². The SMILES string of the molecule is CC(C)(C)c1cc(Cc2ccco2)cc(C(C)(C)C)c1O. The lowest BCUT2D eigenvalue weighted by Gasteiger charge is -2.28. The first-order valence-corrected chi connectivity index (χ1v) is 7.48. The van der Waals surface area contributed by atoms with Crippen LogP contribution in [0.1, 0.15) is 64.0 Å². The molecule has 1 N–H and O–H groups in total. The van der Waals surface area contributed by atoms with E-state index < -0.39 is 0 Å². The average molecular weight is 286 g/mol. The zero-order chi connectivity index (χ0) is 15.8. The third-order valence-electron chi connectivity index (χ3n) is 3.74. The number of furan rings is 1. The number of benzene rings is 1. The first kappa shape index (κ1) is 15.7. The van der Waals surface area contributed by atoms with Gasteiger partial charge in [0.25, 0.3) is 0 Å². The van der Waals surface area contributed by atoms with E-state index in [0.717, 1.165) is 23.3 Å². The topological polar surface area (TPSA) is 33.4 Å². The van der Waals surface area contributed by atoms with Gasteiger partial charge < -0.3 is 9.52 Å². The summed E-state index contributed by atoms with van der Waals surface area (Å²) >= 11 is 0. The van der Waals surface area contributed by atoms with E-state index in [2.05, 4.69) is 53.7 Å². The molecule has 2 aromatic rings. The van der Waals surface area contributed by atoms with Gasteiger partial charge in [-0.15, -0.1) is 0 Å². The molecule has 1 aromatic carbocycles. The molecule has 0 atom stereocenters. The molecule has 2 heteroatoms. The fraction of sp³-hybridized carbons (Fsp3) is 0.474. The first-order valence-electron chi connectivity index (χ1n) is 7.48. The highest BCUT2D eigenvalue weighted by molar-refractivity contribution is 5.50. The largest absolute Gasteiger partial charge is 0.507 e. The Bertz CT molecular complexity index is 573. The van der Waals surface area contributed by atoms with Gasteiger partial charge in [0, 0.05) is 6.42 Å². The Kier molecular flexibility index (Phi) is 3.92. The van der Waals surface area contributed by atoms with Crippen LogP contribution in [-0.2, 0) is 17.3 Å². The molecule has 114 valence electrons. The molecule has 0 aliphatic carbocycles. The van der Waals surface area contributed by atoms with Crippen molar-refractivity contribution in [2.24, 2.45) is 0 Å². The van der Waals surface area contributed by atoms with Gasteiger partial charge in [0.15, 0.2) is 0 Å². The molecular formula is C19H26O2. The van der Waals surface area contributed by atoms with Crippen LogP contribution in [-0.4, -0.2) is 5.11 Å². The molecule has 0 saturated carbocycles. The highest BCUT2D eigenvalue weighted by Gasteiger charge is 2.26. The fourth-order valence-corrected chi connectivity index (χ4v) is 2.55. The molecule has 0 amide bonds. The molecule has 0 radical (unpaired) electrons. The smallest absolute Gasteiger partial charge is 0.123 e. The van der Waals surface area contributed by atoms with Gasteiger partial charge in [-0.25, -0.2) is 0 Å². The molecule has 0 unspecified atom stereocenters. The van der Waals surface area contributed by atoms with E-state index in [0.29, 0.717) is 5.75 Å². The van der Waals surface area contributed by atoms with E-state index >= 15 is 0 Å². The van der Waals surface area contributed by atoms with Crippen LogP contribution in [0.2, 0.25) is 0 Å². The molecular weight excluding hydrogens is 260 g/mol. The number of phenols is 1. The van der Waals surface area contributed by atoms with Gasteiger partial charge in [-0.1, -0.05) is 53.7 Å². The van der Waals surface area contributed by atoms with Crippen molar-refractivity contribution in [1.82, 2.24) is 0 Å². The second-order valence-corrected chi connectivity index (χ2v) is 7.80. The lowest BCUT2D eigenvalue weighted by molar-refractivity contribution is 0.422. The number of phenolic OH excluding ortho intramolecular Hbond substituents is 1. The number of hydrogen-bond donors (Lipinski definition) is 1. The van der Waals surface area contributed by atoms with Crippen LogP contribution in [0, 0.1) is 0 Å². The van der Waals surface area contributed by atoms with Crippen molar-refractivity contribution in [1.29, 1.82) is 0 Å². The van der Waals surface area contributed by atoms with Gasteiger partial charge in [-0.05, 0) is 39.7 Å². The van der Waals surface area contributed by atoms with E-state index in [1.165, 1.54) is 5.56 Å². The summed E-state index contributed by atoms with van der Waals surface area (Å²) in [5, 5.41) is 10.7. The molecule has 0 bridgehead atoms. The molecule has 2 rings (SSSR count). The zero-order valence-corrected chi connectivity index (χ0v) is 13.9. The van der Waals surface area contributed by atoms with Gasteiger partial charge in [-0.3, -0.25) is 0 Å². The maximum atomic E-state index is 10.7. The Morgan fingerprint density at radius 3 is 1.86 bits per heavy atom. The van der Waals surface area contributed by atoms with Gasteiger partial charge in [-0.2, -0.15) is 0 Å². The third-order valence-corrected chi connectivity index (χ3v) is 3.74. The van der Waals surface area contributed by atoms with Crippen LogP contribution >= 0.6 is 0 Å². The molecule has 0 fully saturated rings. The Morgan fingerprint density at radius 2 is 1.48 bits per heavy atom. The van der Waals surface area contributed by atoms with Gasteiger partial charge in [0.2, 0.25) is 0 Å². The minimum Gasteiger partial charge on any atom is -0.507 e. The predicted molar refractivity (Wildman–Crippen MR) is 87.0 cm³/mol. The van der Waals surface area contributed by atoms with Crippen molar-refractivity contribution in [3.63, 3.8) is 0 Å². The van der Waals surface area contributed by atoms with Crippen molar-refractivity contribution < 1.29 is 9.52 Å². The van der Waals surface area contributed by atoms with E-state index in [-0.39, 0.29) is 10.8 Å². The lowest BCUT2D eigenvalue weighted by atomic mass is 9.78. The van der Waals surface area contributed by atoms with E-state index in [4.69, 9.17) is 4.42 Å². The highest BCUT2D eigenvalue weighted by Crippen LogP contribution is 2.40. The third kappa shape index (κ3) is 3.49. The van der Waals surface area contributed by atoms with Crippen LogP contribution in [0.25, 0.3) is 0 Å². The molecule has 0 aliphatic heterocycles. The first-order chi connectivity index (χ1) is 9.59. The minimum atomic E-state index is -0.0940. The molecule has 21 heavy (non-hydrogen) atoms. The summed E-state index contributed by atoms with van der Waals surface area (Å²) in [4.78, 5) is 0. The molecule has 0 aliphatic rings. The highest BCUT2D eigenvalue weighted by atomic mass is 16.3. The molecule has 0 saturated heterocycles. The fourth-order valence-electron chi connectivity index (χ4n) is 2.55. The van der Waals surface area contributed by atoms with Crippen molar-refractivity contribution in [3.05, 3.63) is 53.0 Å². The number of rotatable bonds is 2. The zero-order valence-electron chi connectivity index (χ0n) is 13.9. The summed E-state index contributed by atoms with van der Waals surface area (Å²) < 4.78 is 5.46. The molecule has 1 aromatic heterocycles. The number of hydrogen-bond acceptors (Lipinski definition) is 2. The van der Waals surface area contributed by atoms with Crippen LogP contribution in [0.4, 0.5) is 0 Å². The molecule has 0 spiro atoms. The van der Waals surface area contributed by atoms with Crippen LogP contribution in [0.5, 0.6) is 5.75 Å². The number of aromatic hydroxyl groups is 1. The summed E-state index contributed by atoms with van der Waals surface area (Å²) in [7, 11) is 0. The second kappa shape index (κ2) is 5.25. The minimum absolute atomic E-state index is 0.0940. The van der Waals surface area contributed by atoms with Gasteiger partial charge in [0.05, 0.1) is 6.26 Å². The van der Waals surface area contributed by atoms with E-state index in [9.17, 15) is 5.11 Å². The standard InChI is InChI=1S/C19H26O2/c1-18(2,3)15-11-13(10-14-8-7-9-21-14)12-16(17(15)20)19(4,5)6/h7-9,11-12,20H,10H2,1-6H3. The maximum Gasteiger partial charge on any atom is 0.123 e. The van der Waals surface area contributed by atoms with Crippen molar-refractivity contribution >= 4 is 0 Å². The van der Waals surface area contributed by atoms with E-state index in [1.807, 2.05) is 12.1 Å². The van der Waals surface area contributed by atoms with Crippen LogP contribution in [0.3, 0.4) is 0 Å². The maximum absolute atomic E-state index is 10.7. The van der Waals surface area contributed by atoms with Crippen molar-refractivity contribution in [2.75, 3.05) is 0 Å². The Balaban J connectivity index is 2.56. The summed E-state index contributed by atoms with van der Waals surface area (Å²) in [6.45, 7) is 12.8. The van der Waals surface area contributed by atoms with E-state index in [1.54, 1.807) is 6.26 Å². The normalized spacial score (nSPS) is 12.7. The average Bonchev–Trinajstić information content (AvgIpc) is 2.81. The van der Waals surface area contributed by atoms with Gasteiger partial charge in [0.1, 0.15) is 11.5 Å². The summed E-state index contributed by atoms with van der Waals surface area (Å²) in [6, 6.07) is 8.10. The predicted octanol–water partition coefficient (Wildman–Crippen LogP) is 5.17. The quantitative estimate of drug-likeness (QED) is 0.826. The summed E-state index contributed by atoms with van der Waals surface area (Å²) in [6.07, 6.45) is 2.45. The summed E-state index contributed by atoms with van der Waals surface area (Å²) in [5.74, 6) is 1.37. The summed E-state index contributed by atoms with van der Waals surface area (Å²) in [5.41, 5.74) is 2.98. The lowest BCUT2D eigenvalue weighted by Crippen LogP contribution is -2.18. The van der Waals surface area contributed by atoms with Crippen LogP contribution < -0.4 is 0 Å². The van der Waals surface area contributed by atoms with Gasteiger partial charge >= 0.3 is 0 Å². The molecule has 2 nitrogen and oxygen atoms in total. The van der Waals surface area contributed by atoms with Crippen LogP contribution in [0.15, 0.2) is 34.9 Å². The second-order valence-electron chi connectivity index (χ2n) is 7.80. The Labute approximate surface area is 127 Å². The molecule has 1 heterocycles. The monoisotopic (exact) mass is 286 g/mol.